The van der Waals surface area contributed by atoms with Crippen LogP contribution in [0.4, 0.5) is 10.2 Å². The third-order valence-electron chi connectivity index (χ3n) is 5.51. The molecule has 1 aliphatic rings. The number of rotatable bonds is 4. The number of piperidine rings is 1. The maximum Gasteiger partial charge on any atom is 0.123 e. The van der Waals surface area contributed by atoms with Gasteiger partial charge in [0, 0.05) is 29.1 Å². The van der Waals surface area contributed by atoms with Gasteiger partial charge < -0.3 is 11.1 Å². The van der Waals surface area contributed by atoms with E-state index in [4.69, 9.17) is 5.73 Å². The van der Waals surface area contributed by atoms with Gasteiger partial charge >= 0.3 is 0 Å². The van der Waals surface area contributed by atoms with Crippen molar-refractivity contribution in [1.82, 2.24) is 29.9 Å². The third kappa shape index (κ3) is 3.46. The summed E-state index contributed by atoms with van der Waals surface area (Å²) in [6.07, 6.45) is 9.56. The lowest BCUT2D eigenvalue weighted by atomic mass is 10.0. The van der Waals surface area contributed by atoms with Crippen LogP contribution in [-0.4, -0.2) is 37.6 Å². The van der Waals surface area contributed by atoms with E-state index in [-0.39, 0.29) is 5.82 Å². The topological polar surface area (TPSA) is 86.6 Å². The van der Waals surface area contributed by atoms with E-state index in [0.717, 1.165) is 54.0 Å². The third-order valence-corrected chi connectivity index (χ3v) is 5.51. The highest BCUT2D eigenvalue weighted by molar-refractivity contribution is 5.83. The lowest BCUT2D eigenvalue weighted by Crippen LogP contribution is -2.29. The minimum absolute atomic E-state index is 0.286. The van der Waals surface area contributed by atoms with Gasteiger partial charge in [-0.25, -0.2) is 14.1 Å². The van der Waals surface area contributed by atoms with Crippen molar-refractivity contribution in [2.24, 2.45) is 0 Å². The summed E-state index contributed by atoms with van der Waals surface area (Å²) in [7, 11) is 0. The van der Waals surface area contributed by atoms with Crippen molar-refractivity contribution >= 4 is 5.82 Å². The van der Waals surface area contributed by atoms with Gasteiger partial charge in [0.05, 0.1) is 29.8 Å². The Morgan fingerprint density at radius 3 is 2.60 bits per heavy atom. The number of nitrogens with zero attached hydrogens (tertiary/aromatic N) is 5. The van der Waals surface area contributed by atoms with Crippen LogP contribution in [0, 0.1) is 5.82 Å². The molecular weight excluding hydrogens is 381 g/mol. The number of pyridine rings is 1. The second-order valence-electron chi connectivity index (χ2n) is 7.45. The minimum atomic E-state index is -0.286. The quantitative estimate of drug-likeness (QED) is 0.545. The monoisotopic (exact) mass is 403 g/mol. The van der Waals surface area contributed by atoms with Gasteiger partial charge in [0.2, 0.25) is 0 Å². The number of halogens is 1. The highest BCUT2D eigenvalue weighted by Gasteiger charge is 2.19. The Morgan fingerprint density at radius 2 is 1.80 bits per heavy atom. The number of anilines is 1. The number of hydrogen-bond donors (Lipinski definition) is 2. The predicted octanol–water partition coefficient (Wildman–Crippen LogP) is 3.44. The average molecular weight is 403 g/mol. The molecule has 0 spiro atoms. The Bertz CT molecular complexity index is 1160. The highest BCUT2D eigenvalue weighted by Crippen LogP contribution is 2.34. The number of hydrogen-bond acceptors (Lipinski definition) is 5. The van der Waals surface area contributed by atoms with E-state index < -0.39 is 0 Å². The van der Waals surface area contributed by atoms with Crippen molar-refractivity contribution in [3.63, 3.8) is 0 Å². The lowest BCUT2D eigenvalue weighted by molar-refractivity contribution is 0.343. The van der Waals surface area contributed by atoms with Crippen LogP contribution in [0.25, 0.3) is 28.1 Å². The molecule has 0 bridgehead atoms. The zero-order chi connectivity index (χ0) is 20.5. The highest BCUT2D eigenvalue weighted by atomic mass is 19.1. The fourth-order valence-electron chi connectivity index (χ4n) is 3.96. The van der Waals surface area contributed by atoms with E-state index in [1.165, 1.54) is 12.1 Å². The van der Waals surface area contributed by atoms with Crippen LogP contribution in [0.2, 0.25) is 0 Å². The van der Waals surface area contributed by atoms with Crippen molar-refractivity contribution in [2.45, 2.75) is 18.9 Å². The Kier molecular flexibility index (Phi) is 4.76. The summed E-state index contributed by atoms with van der Waals surface area (Å²) in [6.45, 7) is 2.01. The zero-order valence-corrected chi connectivity index (χ0v) is 16.4. The van der Waals surface area contributed by atoms with Gasteiger partial charge in [-0.3, -0.25) is 4.68 Å². The molecule has 0 unspecified atom stereocenters. The molecule has 7 nitrogen and oxygen atoms in total. The molecule has 1 aliphatic heterocycles. The number of nitrogens with two attached hydrogens (primary N) is 1. The smallest absolute Gasteiger partial charge is 0.123 e. The molecule has 8 heteroatoms. The fourth-order valence-corrected chi connectivity index (χ4v) is 3.96. The summed E-state index contributed by atoms with van der Waals surface area (Å²) in [5.74, 6) is 0.137. The molecule has 30 heavy (non-hydrogen) atoms. The average Bonchev–Trinajstić information content (AvgIpc) is 3.45. The first-order valence-corrected chi connectivity index (χ1v) is 10.00. The number of nitrogen functional groups attached to an aromatic ring is 1. The van der Waals surface area contributed by atoms with Gasteiger partial charge in [0.25, 0.3) is 0 Å². The largest absolute Gasteiger partial charge is 0.384 e. The van der Waals surface area contributed by atoms with Gasteiger partial charge in [-0.2, -0.15) is 10.2 Å². The molecule has 152 valence electrons. The first-order valence-electron chi connectivity index (χ1n) is 10.00. The van der Waals surface area contributed by atoms with E-state index >= 15 is 0 Å². The zero-order valence-electron chi connectivity index (χ0n) is 16.4. The van der Waals surface area contributed by atoms with Crippen LogP contribution >= 0.6 is 0 Å². The maximum absolute atomic E-state index is 13.4. The molecule has 3 N–H and O–H groups in total. The molecule has 4 aromatic rings. The first kappa shape index (κ1) is 18.5. The summed E-state index contributed by atoms with van der Waals surface area (Å²) in [5, 5.41) is 12.4. The van der Waals surface area contributed by atoms with Crippen LogP contribution in [0.3, 0.4) is 0 Å². The van der Waals surface area contributed by atoms with Crippen molar-refractivity contribution in [2.75, 3.05) is 18.8 Å². The van der Waals surface area contributed by atoms with Gasteiger partial charge in [0.1, 0.15) is 11.6 Å². The summed E-state index contributed by atoms with van der Waals surface area (Å²) in [4.78, 5) is 4.31. The van der Waals surface area contributed by atoms with Crippen LogP contribution in [0.1, 0.15) is 18.9 Å². The van der Waals surface area contributed by atoms with Crippen molar-refractivity contribution in [3.05, 3.63) is 67.0 Å². The predicted molar refractivity (Wildman–Crippen MR) is 114 cm³/mol. The number of benzene rings is 1. The molecule has 1 saturated heterocycles. The second kappa shape index (κ2) is 7.72. The standard InChI is InChI=1S/C22H22FN7/c23-16-1-3-18(4-2-16)30-21(7-10-27-30)19-11-22(24)26-13-20(19)15-12-28-29(14-15)17-5-8-25-9-6-17/h1-4,7,10-14,17,25H,5-6,8-9H2,(H2,24,26). The lowest BCUT2D eigenvalue weighted by Gasteiger charge is -2.22. The summed E-state index contributed by atoms with van der Waals surface area (Å²) in [6, 6.07) is 10.4. The molecule has 1 aromatic carbocycles. The molecule has 0 radical (unpaired) electrons. The van der Waals surface area contributed by atoms with Gasteiger partial charge in [-0.15, -0.1) is 0 Å². The Labute approximate surface area is 173 Å². The van der Waals surface area contributed by atoms with Crippen molar-refractivity contribution in [1.29, 1.82) is 0 Å². The van der Waals surface area contributed by atoms with Crippen LogP contribution in [0.5, 0.6) is 0 Å². The van der Waals surface area contributed by atoms with Gasteiger partial charge in [-0.1, -0.05) is 0 Å². The van der Waals surface area contributed by atoms with Gasteiger partial charge in [-0.05, 0) is 62.3 Å². The normalized spacial score (nSPS) is 14.8. The molecule has 4 heterocycles. The summed E-state index contributed by atoms with van der Waals surface area (Å²) < 4.78 is 17.2. The van der Waals surface area contributed by atoms with Crippen LogP contribution < -0.4 is 11.1 Å². The van der Waals surface area contributed by atoms with Crippen molar-refractivity contribution < 1.29 is 4.39 Å². The first-order chi connectivity index (χ1) is 14.7. The Balaban J connectivity index is 1.57. The Hall–Kier alpha value is -3.52. The number of aromatic nitrogens is 5. The molecule has 3 aromatic heterocycles. The molecule has 1 fully saturated rings. The summed E-state index contributed by atoms with van der Waals surface area (Å²) in [5.41, 5.74) is 10.4. The Morgan fingerprint density at radius 1 is 1.00 bits per heavy atom. The van der Waals surface area contributed by atoms with E-state index in [1.807, 2.05) is 23.0 Å². The van der Waals surface area contributed by atoms with Gasteiger partial charge in [0.15, 0.2) is 0 Å². The summed E-state index contributed by atoms with van der Waals surface area (Å²) >= 11 is 0. The minimum Gasteiger partial charge on any atom is -0.384 e. The van der Waals surface area contributed by atoms with Crippen molar-refractivity contribution in [3.8, 4) is 28.1 Å². The van der Waals surface area contributed by atoms with E-state index in [2.05, 4.69) is 26.7 Å². The van der Waals surface area contributed by atoms with Crippen LogP contribution in [-0.2, 0) is 0 Å². The number of nitrogens with one attached hydrogen (secondary N) is 1. The van der Waals surface area contributed by atoms with E-state index in [1.54, 1.807) is 29.2 Å². The van der Waals surface area contributed by atoms with E-state index in [9.17, 15) is 4.39 Å². The van der Waals surface area contributed by atoms with E-state index in [0.29, 0.717) is 11.9 Å². The molecule has 0 saturated carbocycles. The maximum atomic E-state index is 13.4. The molecular formula is C22H22FN7. The molecule has 0 aliphatic carbocycles. The fraction of sp³-hybridized carbons (Fsp3) is 0.227. The SMILES string of the molecule is Nc1cc(-c2ccnn2-c2ccc(F)cc2)c(-c2cnn(C3CCNCC3)c2)cn1. The molecule has 5 rings (SSSR count). The van der Waals surface area contributed by atoms with Crippen LogP contribution in [0.15, 0.2) is 61.2 Å². The molecule has 0 amide bonds. The second-order valence-corrected chi connectivity index (χ2v) is 7.45. The molecule has 0 atom stereocenters.